The fraction of sp³-hybridized carbons (Fsp3) is 0.143. The average molecular weight is 333 g/mol. The van der Waals surface area contributed by atoms with E-state index in [1.54, 1.807) is 0 Å². The molecule has 0 unspecified atom stereocenters. The summed E-state index contributed by atoms with van der Waals surface area (Å²) < 4.78 is 0. The van der Waals surface area contributed by atoms with Crippen LogP contribution in [0.5, 0.6) is 0 Å². The van der Waals surface area contributed by atoms with E-state index in [-0.39, 0.29) is 12.3 Å². The van der Waals surface area contributed by atoms with Crippen LogP contribution in [0.1, 0.15) is 28.8 Å². The van der Waals surface area contributed by atoms with Crippen LogP contribution in [0.3, 0.4) is 0 Å². The summed E-state index contributed by atoms with van der Waals surface area (Å²) in [5.74, 6) is -0.922. The van der Waals surface area contributed by atoms with Crippen LogP contribution in [0.15, 0.2) is 66.7 Å². The number of fused-ring (bicyclic) bond motifs is 1. The third kappa shape index (κ3) is 4.23. The summed E-state index contributed by atoms with van der Waals surface area (Å²) in [6, 6.07) is 21.0. The molecule has 0 bridgehead atoms. The number of aliphatic carboxylic acids is 1. The van der Waals surface area contributed by atoms with E-state index in [1.807, 2.05) is 66.7 Å². The maximum atomic E-state index is 12.6. The average Bonchev–Trinajstić information content (AvgIpc) is 2.62. The molecule has 25 heavy (non-hydrogen) atoms. The molecule has 0 fully saturated rings. The summed E-state index contributed by atoms with van der Waals surface area (Å²) in [6.45, 7) is 0. The monoisotopic (exact) mass is 333 g/mol. The van der Waals surface area contributed by atoms with Gasteiger partial charge in [-0.1, -0.05) is 48.5 Å². The molecule has 0 heterocycles. The normalized spacial score (nSPS) is 10.6. The Morgan fingerprint density at radius 2 is 1.60 bits per heavy atom. The molecule has 0 aliphatic carbocycles. The predicted octanol–water partition coefficient (Wildman–Crippen LogP) is 4.50. The quantitative estimate of drug-likeness (QED) is 0.698. The molecule has 126 valence electrons. The largest absolute Gasteiger partial charge is 0.481 e. The standard InChI is InChI=1S/C21H19NO3/c23-20(24)10-3-5-15-11-13-17(14-12-15)22-21(25)19-9-4-7-16-6-1-2-8-18(16)19/h1-2,4,6-9,11-14H,3,5,10H2,(H,22,25)(H,23,24). The number of carboxylic acids is 1. The Kier molecular flexibility index (Phi) is 5.09. The van der Waals surface area contributed by atoms with Gasteiger partial charge >= 0.3 is 5.97 Å². The van der Waals surface area contributed by atoms with Crippen LogP contribution in [0.25, 0.3) is 10.8 Å². The van der Waals surface area contributed by atoms with Gasteiger partial charge in [0.15, 0.2) is 0 Å². The molecule has 0 atom stereocenters. The molecular weight excluding hydrogens is 314 g/mol. The van der Waals surface area contributed by atoms with Crippen molar-refractivity contribution in [2.75, 3.05) is 5.32 Å². The topological polar surface area (TPSA) is 66.4 Å². The van der Waals surface area contributed by atoms with Crippen molar-refractivity contribution in [3.05, 3.63) is 77.9 Å². The lowest BCUT2D eigenvalue weighted by molar-refractivity contribution is -0.137. The van der Waals surface area contributed by atoms with Crippen LogP contribution in [0, 0.1) is 0 Å². The van der Waals surface area contributed by atoms with E-state index in [4.69, 9.17) is 5.11 Å². The molecule has 4 nitrogen and oxygen atoms in total. The Bertz CT molecular complexity index is 895. The highest BCUT2D eigenvalue weighted by Crippen LogP contribution is 2.20. The first-order valence-corrected chi connectivity index (χ1v) is 8.23. The SMILES string of the molecule is O=C(O)CCCc1ccc(NC(=O)c2cccc3ccccc23)cc1. The molecule has 0 aliphatic heterocycles. The van der Waals surface area contributed by atoms with Gasteiger partial charge in [-0.3, -0.25) is 9.59 Å². The minimum atomic E-state index is -0.779. The van der Waals surface area contributed by atoms with Crippen molar-refractivity contribution in [3.8, 4) is 0 Å². The lowest BCUT2D eigenvalue weighted by Crippen LogP contribution is -2.12. The van der Waals surface area contributed by atoms with Gasteiger partial charge in [0.2, 0.25) is 0 Å². The van der Waals surface area contributed by atoms with Crippen molar-refractivity contribution in [3.63, 3.8) is 0 Å². The van der Waals surface area contributed by atoms with Crippen molar-refractivity contribution in [2.24, 2.45) is 0 Å². The smallest absolute Gasteiger partial charge is 0.303 e. The van der Waals surface area contributed by atoms with Crippen LogP contribution >= 0.6 is 0 Å². The number of benzene rings is 3. The van der Waals surface area contributed by atoms with E-state index < -0.39 is 5.97 Å². The zero-order valence-corrected chi connectivity index (χ0v) is 13.7. The molecule has 4 heteroatoms. The molecule has 3 rings (SSSR count). The van der Waals surface area contributed by atoms with E-state index in [0.29, 0.717) is 18.4 Å². The molecule has 2 N–H and O–H groups in total. The van der Waals surface area contributed by atoms with Crippen molar-refractivity contribution >= 4 is 28.3 Å². The van der Waals surface area contributed by atoms with E-state index in [2.05, 4.69) is 5.32 Å². The molecule has 0 saturated carbocycles. The first-order chi connectivity index (χ1) is 12.1. The molecule has 0 spiro atoms. The number of carboxylic acid groups (broad SMARTS) is 1. The highest BCUT2D eigenvalue weighted by Gasteiger charge is 2.10. The summed E-state index contributed by atoms with van der Waals surface area (Å²) in [5, 5.41) is 13.5. The lowest BCUT2D eigenvalue weighted by atomic mass is 10.0. The number of rotatable bonds is 6. The van der Waals surface area contributed by atoms with E-state index in [9.17, 15) is 9.59 Å². The van der Waals surface area contributed by atoms with Gasteiger partial charge < -0.3 is 10.4 Å². The van der Waals surface area contributed by atoms with E-state index >= 15 is 0 Å². The van der Waals surface area contributed by atoms with Crippen LogP contribution in [0.2, 0.25) is 0 Å². The molecule has 1 amide bonds. The van der Waals surface area contributed by atoms with Gasteiger partial charge in [0.05, 0.1) is 0 Å². The van der Waals surface area contributed by atoms with Crippen LogP contribution in [-0.4, -0.2) is 17.0 Å². The molecule has 0 aromatic heterocycles. The number of carbonyl (C=O) groups is 2. The number of nitrogens with one attached hydrogen (secondary N) is 1. The van der Waals surface area contributed by atoms with Gasteiger partial charge in [0.25, 0.3) is 5.91 Å². The maximum Gasteiger partial charge on any atom is 0.303 e. The minimum Gasteiger partial charge on any atom is -0.481 e. The van der Waals surface area contributed by atoms with Gasteiger partial charge in [-0.25, -0.2) is 0 Å². The van der Waals surface area contributed by atoms with E-state index in [0.717, 1.165) is 22.0 Å². The van der Waals surface area contributed by atoms with Gasteiger partial charge in [-0.2, -0.15) is 0 Å². The molecular formula is C21H19NO3. The van der Waals surface area contributed by atoms with Gasteiger partial charge in [-0.15, -0.1) is 0 Å². The third-order valence-electron chi connectivity index (χ3n) is 4.10. The number of amides is 1. The number of anilines is 1. The Labute approximate surface area is 146 Å². The highest BCUT2D eigenvalue weighted by atomic mass is 16.4. The molecule has 0 aliphatic rings. The number of hydrogen-bond donors (Lipinski definition) is 2. The second kappa shape index (κ2) is 7.62. The first-order valence-electron chi connectivity index (χ1n) is 8.23. The van der Waals surface area contributed by atoms with E-state index in [1.165, 1.54) is 0 Å². The maximum absolute atomic E-state index is 12.6. The van der Waals surface area contributed by atoms with Crippen molar-refractivity contribution in [2.45, 2.75) is 19.3 Å². The van der Waals surface area contributed by atoms with Crippen molar-refractivity contribution < 1.29 is 14.7 Å². The van der Waals surface area contributed by atoms with Crippen molar-refractivity contribution in [1.82, 2.24) is 0 Å². The fourth-order valence-electron chi connectivity index (χ4n) is 2.82. The highest BCUT2D eigenvalue weighted by molar-refractivity contribution is 6.12. The van der Waals surface area contributed by atoms with Crippen LogP contribution in [0.4, 0.5) is 5.69 Å². The summed E-state index contributed by atoms with van der Waals surface area (Å²) in [7, 11) is 0. The zero-order valence-electron chi connectivity index (χ0n) is 13.7. The fourth-order valence-corrected chi connectivity index (χ4v) is 2.82. The number of aryl methyl sites for hydroxylation is 1. The lowest BCUT2D eigenvalue weighted by Gasteiger charge is -2.09. The van der Waals surface area contributed by atoms with Gasteiger partial charge in [0, 0.05) is 17.7 Å². The van der Waals surface area contributed by atoms with Gasteiger partial charge in [-0.05, 0) is 47.4 Å². The molecule has 3 aromatic carbocycles. The number of carbonyl (C=O) groups excluding carboxylic acids is 1. The molecule has 0 radical (unpaired) electrons. The Morgan fingerprint density at radius 1 is 0.880 bits per heavy atom. The first kappa shape index (κ1) is 16.7. The number of hydrogen-bond acceptors (Lipinski definition) is 2. The molecule has 0 saturated heterocycles. The summed E-state index contributed by atoms with van der Waals surface area (Å²) in [5.41, 5.74) is 2.42. The molecule has 3 aromatic rings. The van der Waals surface area contributed by atoms with Crippen LogP contribution in [-0.2, 0) is 11.2 Å². The third-order valence-corrected chi connectivity index (χ3v) is 4.10. The summed E-state index contributed by atoms with van der Waals surface area (Å²) >= 11 is 0. The summed E-state index contributed by atoms with van der Waals surface area (Å²) in [6.07, 6.45) is 1.49. The zero-order chi connectivity index (χ0) is 17.6. The van der Waals surface area contributed by atoms with Crippen molar-refractivity contribution in [1.29, 1.82) is 0 Å². The minimum absolute atomic E-state index is 0.143. The second-order valence-electron chi connectivity index (χ2n) is 5.93. The van der Waals surface area contributed by atoms with Crippen LogP contribution < -0.4 is 5.32 Å². The predicted molar refractivity (Wildman–Crippen MR) is 98.9 cm³/mol. The second-order valence-corrected chi connectivity index (χ2v) is 5.93. The Balaban J connectivity index is 1.69. The Morgan fingerprint density at radius 3 is 2.36 bits per heavy atom. The van der Waals surface area contributed by atoms with Gasteiger partial charge in [0.1, 0.15) is 0 Å². The summed E-state index contributed by atoms with van der Waals surface area (Å²) in [4.78, 5) is 23.1. The Hall–Kier alpha value is -3.14.